The Labute approximate surface area is 171 Å². The van der Waals surface area contributed by atoms with Crippen LogP contribution in [0.1, 0.15) is 19.6 Å². The van der Waals surface area contributed by atoms with Crippen molar-refractivity contribution < 1.29 is 27.9 Å². The Bertz CT molecular complexity index is 1120. The van der Waals surface area contributed by atoms with Gasteiger partial charge in [0.15, 0.2) is 0 Å². The molecule has 1 aliphatic heterocycles. The highest BCUT2D eigenvalue weighted by molar-refractivity contribution is 6.19. The number of rotatable bonds is 5. The van der Waals surface area contributed by atoms with Gasteiger partial charge in [0.05, 0.1) is 6.54 Å². The molecule has 0 fully saturated rings. The number of amides is 2. The van der Waals surface area contributed by atoms with E-state index >= 15 is 0 Å². The molecule has 0 bridgehead atoms. The monoisotopic (exact) mass is 408 g/mol. The van der Waals surface area contributed by atoms with Crippen LogP contribution in [0, 0.1) is 17.1 Å². The van der Waals surface area contributed by atoms with Gasteiger partial charge in [-0.15, -0.1) is 0 Å². The van der Waals surface area contributed by atoms with Gasteiger partial charge in [0.25, 0.3) is 11.8 Å². The summed E-state index contributed by atoms with van der Waals surface area (Å²) in [6, 6.07) is 10.8. The van der Waals surface area contributed by atoms with Crippen molar-refractivity contribution in [3.8, 4) is 17.4 Å². The van der Waals surface area contributed by atoms with Crippen LogP contribution < -0.4 is 0 Å². The van der Waals surface area contributed by atoms with Gasteiger partial charge in [0.1, 0.15) is 35.6 Å². The number of ether oxygens (including phenoxy) is 1. The summed E-state index contributed by atoms with van der Waals surface area (Å²) in [5.74, 6) is -1.49. The lowest BCUT2D eigenvalue weighted by Crippen LogP contribution is -2.44. The zero-order valence-corrected chi connectivity index (χ0v) is 16.3. The second-order valence-electron chi connectivity index (χ2n) is 6.48. The fourth-order valence-corrected chi connectivity index (χ4v) is 2.96. The Hall–Kier alpha value is -3.99. The summed E-state index contributed by atoms with van der Waals surface area (Å²) in [4.78, 5) is 37.2. The summed E-state index contributed by atoms with van der Waals surface area (Å²) in [6.07, 6.45) is 1.44. The second kappa shape index (κ2) is 8.57. The maximum atomic E-state index is 13.1. The number of imide groups is 1. The number of hydrogen-bond donors (Lipinski definition) is 0. The first-order chi connectivity index (χ1) is 14.3. The van der Waals surface area contributed by atoms with Crippen LogP contribution in [-0.2, 0) is 19.1 Å². The van der Waals surface area contributed by atoms with Gasteiger partial charge in [-0.2, -0.15) is 5.26 Å². The minimum atomic E-state index is -0.740. The molecule has 0 spiro atoms. The predicted molar refractivity (Wildman–Crippen MR) is 104 cm³/mol. The lowest BCUT2D eigenvalue weighted by atomic mass is 9.94. The molecule has 2 aromatic rings. The van der Waals surface area contributed by atoms with E-state index in [1.165, 1.54) is 32.1 Å². The average molecular weight is 408 g/mol. The topological polar surface area (TPSA) is 101 Å². The molecule has 7 nitrogen and oxygen atoms in total. The SMILES string of the molecule is CC(=O)OCCN1C(=O)C(C#N)=C(C)/C(=C\c2ccc(-c3ccc(F)cc3)o2)C1=O. The van der Waals surface area contributed by atoms with E-state index in [9.17, 15) is 24.0 Å². The quantitative estimate of drug-likeness (QED) is 0.428. The summed E-state index contributed by atoms with van der Waals surface area (Å²) < 4.78 is 23.6. The molecule has 0 atom stereocenters. The molecule has 0 aliphatic carbocycles. The van der Waals surface area contributed by atoms with Gasteiger partial charge in [-0.3, -0.25) is 19.3 Å². The number of carbonyl (C=O) groups is 3. The summed E-state index contributed by atoms with van der Waals surface area (Å²) in [5, 5.41) is 9.38. The number of furan rings is 1. The molecule has 0 N–H and O–H groups in total. The Balaban J connectivity index is 1.93. The maximum absolute atomic E-state index is 13.1. The number of carbonyl (C=O) groups excluding carboxylic acids is 3. The Morgan fingerprint density at radius 2 is 1.90 bits per heavy atom. The molecule has 0 saturated heterocycles. The van der Waals surface area contributed by atoms with Gasteiger partial charge in [-0.05, 0) is 55.0 Å². The van der Waals surface area contributed by atoms with Crippen molar-refractivity contribution in [2.24, 2.45) is 0 Å². The highest BCUT2D eigenvalue weighted by Gasteiger charge is 2.35. The number of halogens is 1. The van der Waals surface area contributed by atoms with Crippen LogP contribution in [0.25, 0.3) is 17.4 Å². The predicted octanol–water partition coefficient (Wildman–Crippen LogP) is 3.24. The van der Waals surface area contributed by atoms with E-state index in [-0.39, 0.29) is 35.7 Å². The average Bonchev–Trinajstić information content (AvgIpc) is 3.17. The summed E-state index contributed by atoms with van der Waals surface area (Å²) >= 11 is 0. The molecule has 1 aliphatic rings. The highest BCUT2D eigenvalue weighted by Crippen LogP contribution is 2.29. The van der Waals surface area contributed by atoms with E-state index in [0.29, 0.717) is 17.1 Å². The van der Waals surface area contributed by atoms with Crippen molar-refractivity contribution in [2.75, 3.05) is 13.2 Å². The second-order valence-corrected chi connectivity index (χ2v) is 6.48. The summed E-state index contributed by atoms with van der Waals surface area (Å²) in [5.41, 5.74) is 0.832. The zero-order valence-electron chi connectivity index (χ0n) is 16.3. The van der Waals surface area contributed by atoms with E-state index in [1.54, 1.807) is 24.3 Å². The van der Waals surface area contributed by atoms with Crippen LogP contribution in [0.2, 0.25) is 0 Å². The minimum absolute atomic E-state index is 0.119. The van der Waals surface area contributed by atoms with E-state index in [4.69, 9.17) is 9.15 Å². The Kier molecular flexibility index (Phi) is 5.93. The molecule has 0 saturated carbocycles. The van der Waals surface area contributed by atoms with Crippen molar-refractivity contribution in [1.82, 2.24) is 4.90 Å². The van der Waals surface area contributed by atoms with E-state index in [2.05, 4.69) is 0 Å². The third kappa shape index (κ3) is 4.20. The Morgan fingerprint density at radius 1 is 1.20 bits per heavy atom. The summed E-state index contributed by atoms with van der Waals surface area (Å²) in [7, 11) is 0. The molecule has 0 unspecified atom stereocenters. The van der Waals surface area contributed by atoms with Crippen molar-refractivity contribution in [2.45, 2.75) is 13.8 Å². The van der Waals surface area contributed by atoms with Crippen molar-refractivity contribution >= 4 is 23.9 Å². The fraction of sp³-hybridized carbons (Fsp3) is 0.182. The van der Waals surface area contributed by atoms with E-state index in [0.717, 1.165) is 4.90 Å². The number of hydrogen-bond acceptors (Lipinski definition) is 6. The van der Waals surface area contributed by atoms with Gasteiger partial charge in [0.2, 0.25) is 0 Å². The molecule has 3 rings (SSSR count). The van der Waals surface area contributed by atoms with Crippen LogP contribution >= 0.6 is 0 Å². The lowest BCUT2D eigenvalue weighted by molar-refractivity contribution is -0.147. The standard InChI is InChI=1S/C22H17FN2O5/c1-13-18(11-17-7-8-20(30-17)15-3-5-16(23)6-4-15)21(27)25(9-10-29-14(2)26)22(28)19(13)12-24/h3-8,11H,9-10H2,1-2H3/b18-11+. The first kappa shape index (κ1) is 20.7. The van der Waals surface area contributed by atoms with Crippen molar-refractivity contribution in [3.63, 3.8) is 0 Å². The molecule has 2 heterocycles. The summed E-state index contributed by atoms with van der Waals surface area (Å²) in [6.45, 7) is 2.37. The van der Waals surface area contributed by atoms with Crippen LogP contribution in [0.15, 0.2) is 57.5 Å². The normalized spacial score (nSPS) is 15.5. The van der Waals surface area contributed by atoms with Gasteiger partial charge in [-0.1, -0.05) is 0 Å². The largest absolute Gasteiger partial charge is 0.464 e. The molecule has 1 aromatic heterocycles. The van der Waals surface area contributed by atoms with Crippen LogP contribution in [0.4, 0.5) is 4.39 Å². The molecule has 8 heteroatoms. The van der Waals surface area contributed by atoms with Crippen molar-refractivity contribution in [1.29, 1.82) is 5.26 Å². The third-order valence-electron chi connectivity index (χ3n) is 4.49. The number of nitrogens with zero attached hydrogens (tertiary/aromatic N) is 2. The van der Waals surface area contributed by atoms with Crippen molar-refractivity contribution in [3.05, 3.63) is 64.7 Å². The first-order valence-corrected chi connectivity index (χ1v) is 9.00. The highest BCUT2D eigenvalue weighted by atomic mass is 19.1. The molecule has 0 radical (unpaired) electrons. The van der Waals surface area contributed by atoms with Gasteiger partial charge in [0, 0.05) is 18.1 Å². The van der Waals surface area contributed by atoms with Crippen LogP contribution in [0.5, 0.6) is 0 Å². The number of benzene rings is 1. The molecule has 152 valence electrons. The molecular weight excluding hydrogens is 391 g/mol. The lowest BCUT2D eigenvalue weighted by Gasteiger charge is -2.27. The maximum Gasteiger partial charge on any atom is 0.302 e. The van der Waals surface area contributed by atoms with Crippen LogP contribution in [0.3, 0.4) is 0 Å². The van der Waals surface area contributed by atoms with Gasteiger partial charge < -0.3 is 9.15 Å². The Morgan fingerprint density at radius 3 is 2.53 bits per heavy atom. The third-order valence-corrected chi connectivity index (χ3v) is 4.49. The number of esters is 1. The van der Waals surface area contributed by atoms with Gasteiger partial charge >= 0.3 is 5.97 Å². The molecular formula is C22H17FN2O5. The molecule has 30 heavy (non-hydrogen) atoms. The smallest absolute Gasteiger partial charge is 0.302 e. The molecule has 2 amide bonds. The van der Waals surface area contributed by atoms with Gasteiger partial charge in [-0.25, -0.2) is 4.39 Å². The minimum Gasteiger partial charge on any atom is -0.464 e. The molecule has 1 aromatic carbocycles. The zero-order chi connectivity index (χ0) is 21.8. The number of nitriles is 1. The fourth-order valence-electron chi connectivity index (χ4n) is 2.96. The van der Waals surface area contributed by atoms with Crippen LogP contribution in [-0.4, -0.2) is 35.8 Å². The first-order valence-electron chi connectivity index (χ1n) is 9.00. The van der Waals surface area contributed by atoms with E-state index in [1.807, 2.05) is 6.07 Å². The van der Waals surface area contributed by atoms with E-state index < -0.39 is 17.8 Å².